The number of nitrogens with one attached hydrogen (secondary N) is 1. The highest BCUT2D eigenvalue weighted by molar-refractivity contribution is 4.92. The fourth-order valence-corrected chi connectivity index (χ4v) is 2.82. The van der Waals surface area contributed by atoms with Crippen LogP contribution in [0.5, 0.6) is 0 Å². The summed E-state index contributed by atoms with van der Waals surface area (Å²) in [6, 6.07) is 0.974. The molecule has 17 heavy (non-hydrogen) atoms. The first-order chi connectivity index (χ1) is 7.84. The Balaban J connectivity index is 2.61. The lowest BCUT2D eigenvalue weighted by Crippen LogP contribution is -2.61. The molecule has 2 unspecified atom stereocenters. The van der Waals surface area contributed by atoms with Gasteiger partial charge in [0.1, 0.15) is 6.67 Å². The predicted octanol–water partition coefficient (Wildman–Crippen LogP) is 2.69. The van der Waals surface area contributed by atoms with Crippen LogP contribution in [-0.2, 0) is 0 Å². The van der Waals surface area contributed by atoms with Gasteiger partial charge in [-0.3, -0.25) is 4.90 Å². The summed E-state index contributed by atoms with van der Waals surface area (Å²) < 4.78 is 12.7. The van der Waals surface area contributed by atoms with Crippen LogP contribution < -0.4 is 5.32 Å². The van der Waals surface area contributed by atoms with Gasteiger partial charge in [-0.25, -0.2) is 4.39 Å². The second kappa shape index (κ2) is 6.14. The Kier molecular flexibility index (Phi) is 5.39. The molecule has 1 fully saturated rings. The zero-order chi connectivity index (χ0) is 13.1. The Morgan fingerprint density at radius 1 is 1.35 bits per heavy atom. The van der Waals surface area contributed by atoms with Crippen LogP contribution in [0.2, 0.25) is 0 Å². The third-order valence-corrected chi connectivity index (χ3v) is 3.62. The van der Waals surface area contributed by atoms with Gasteiger partial charge in [0, 0.05) is 31.7 Å². The van der Waals surface area contributed by atoms with Crippen molar-refractivity contribution < 1.29 is 4.39 Å². The largest absolute Gasteiger partial charge is 0.311 e. The average molecular weight is 244 g/mol. The summed E-state index contributed by atoms with van der Waals surface area (Å²) in [7, 11) is 0. The molecule has 0 aromatic rings. The van der Waals surface area contributed by atoms with E-state index < -0.39 is 0 Å². The molecule has 0 bridgehead atoms. The first-order valence-electron chi connectivity index (χ1n) is 6.88. The van der Waals surface area contributed by atoms with E-state index in [0.717, 1.165) is 13.1 Å². The molecule has 0 amide bonds. The van der Waals surface area contributed by atoms with Gasteiger partial charge in [-0.1, -0.05) is 34.6 Å². The summed E-state index contributed by atoms with van der Waals surface area (Å²) in [5.74, 6) is 0.700. The van der Waals surface area contributed by atoms with Crippen molar-refractivity contribution in [3.63, 3.8) is 0 Å². The number of hydrogen-bond acceptors (Lipinski definition) is 2. The second-order valence-corrected chi connectivity index (χ2v) is 6.80. The van der Waals surface area contributed by atoms with E-state index >= 15 is 0 Å². The summed E-state index contributed by atoms with van der Waals surface area (Å²) >= 11 is 0. The Labute approximate surface area is 106 Å². The molecule has 2 nitrogen and oxygen atoms in total. The van der Waals surface area contributed by atoms with Crippen LogP contribution in [0.3, 0.4) is 0 Å². The molecule has 0 radical (unpaired) electrons. The van der Waals surface area contributed by atoms with Gasteiger partial charge in [0.15, 0.2) is 0 Å². The molecule has 0 aliphatic carbocycles. The monoisotopic (exact) mass is 244 g/mol. The normalized spacial score (nSPS) is 27.7. The first-order valence-corrected chi connectivity index (χ1v) is 6.88. The van der Waals surface area contributed by atoms with E-state index in [0.29, 0.717) is 24.5 Å². The molecule has 1 aliphatic rings. The highest BCUT2D eigenvalue weighted by Crippen LogP contribution is 2.27. The van der Waals surface area contributed by atoms with Crippen molar-refractivity contribution in [1.29, 1.82) is 0 Å². The number of alkyl halides is 1. The summed E-state index contributed by atoms with van der Waals surface area (Å²) in [6.07, 6.45) is 1.18. The van der Waals surface area contributed by atoms with E-state index in [-0.39, 0.29) is 12.1 Å². The molecule has 1 heterocycles. The Morgan fingerprint density at radius 2 is 2.00 bits per heavy atom. The van der Waals surface area contributed by atoms with Crippen molar-refractivity contribution in [2.24, 2.45) is 11.3 Å². The van der Waals surface area contributed by atoms with E-state index in [9.17, 15) is 4.39 Å². The van der Waals surface area contributed by atoms with Gasteiger partial charge in [0.25, 0.3) is 0 Å². The van der Waals surface area contributed by atoms with Crippen LogP contribution >= 0.6 is 0 Å². The van der Waals surface area contributed by atoms with Crippen LogP contribution in [0.15, 0.2) is 0 Å². The van der Waals surface area contributed by atoms with E-state index in [1.165, 1.54) is 6.42 Å². The van der Waals surface area contributed by atoms with Crippen molar-refractivity contribution in [3.8, 4) is 0 Å². The quantitative estimate of drug-likeness (QED) is 0.818. The third kappa shape index (κ3) is 4.55. The zero-order valence-corrected chi connectivity index (χ0v) is 12.1. The summed E-state index contributed by atoms with van der Waals surface area (Å²) in [6.45, 7) is 13.5. The van der Waals surface area contributed by atoms with E-state index in [2.05, 4.69) is 44.8 Å². The highest BCUT2D eigenvalue weighted by atomic mass is 19.1. The molecule has 1 rings (SSSR count). The van der Waals surface area contributed by atoms with Crippen molar-refractivity contribution in [2.75, 3.05) is 26.3 Å². The van der Waals surface area contributed by atoms with Crippen LogP contribution in [0.4, 0.5) is 4.39 Å². The highest BCUT2D eigenvalue weighted by Gasteiger charge is 2.35. The van der Waals surface area contributed by atoms with Gasteiger partial charge < -0.3 is 5.32 Å². The Bertz CT molecular complexity index is 223. The van der Waals surface area contributed by atoms with E-state index in [1.54, 1.807) is 0 Å². The minimum absolute atomic E-state index is 0.213. The minimum atomic E-state index is -0.235. The zero-order valence-electron chi connectivity index (χ0n) is 12.1. The van der Waals surface area contributed by atoms with Crippen molar-refractivity contribution in [1.82, 2.24) is 10.2 Å². The Hall–Kier alpha value is -0.150. The predicted molar refractivity (Wildman–Crippen MR) is 72.0 cm³/mol. The molecule has 2 atom stereocenters. The van der Waals surface area contributed by atoms with Crippen LogP contribution in [0, 0.1) is 11.3 Å². The summed E-state index contributed by atoms with van der Waals surface area (Å²) in [4.78, 5) is 2.34. The average Bonchev–Trinajstić information content (AvgIpc) is 2.15. The lowest BCUT2D eigenvalue weighted by Gasteiger charge is -2.46. The van der Waals surface area contributed by atoms with Gasteiger partial charge in [0.05, 0.1) is 0 Å². The van der Waals surface area contributed by atoms with Gasteiger partial charge in [-0.15, -0.1) is 0 Å². The van der Waals surface area contributed by atoms with Crippen molar-refractivity contribution in [2.45, 2.75) is 53.1 Å². The number of hydrogen-bond donors (Lipinski definition) is 1. The number of halogens is 1. The molecule has 0 aromatic carbocycles. The van der Waals surface area contributed by atoms with Crippen molar-refractivity contribution in [3.05, 3.63) is 0 Å². The van der Waals surface area contributed by atoms with Crippen molar-refractivity contribution >= 4 is 0 Å². The number of rotatable bonds is 4. The van der Waals surface area contributed by atoms with Gasteiger partial charge >= 0.3 is 0 Å². The molecule has 1 saturated heterocycles. The molecular formula is C14H29FN2. The van der Waals surface area contributed by atoms with Crippen LogP contribution in [-0.4, -0.2) is 43.3 Å². The minimum Gasteiger partial charge on any atom is -0.311 e. The Morgan fingerprint density at radius 3 is 2.47 bits per heavy atom. The maximum Gasteiger partial charge on any atom is 0.102 e. The maximum absolute atomic E-state index is 12.7. The standard InChI is InChI=1S/C14H29FN2/c1-11(2)8-12-10-17(7-6-15)13(9-16-12)14(3,4)5/h11-13,16H,6-10H2,1-5H3. The second-order valence-electron chi connectivity index (χ2n) is 6.80. The van der Waals surface area contributed by atoms with E-state index in [1.807, 2.05) is 0 Å². The molecule has 0 spiro atoms. The van der Waals surface area contributed by atoms with Gasteiger partial charge in [0.2, 0.25) is 0 Å². The lowest BCUT2D eigenvalue weighted by molar-refractivity contribution is 0.0470. The maximum atomic E-state index is 12.7. The first kappa shape index (κ1) is 14.9. The molecule has 1 N–H and O–H groups in total. The van der Waals surface area contributed by atoms with Crippen LogP contribution in [0.1, 0.15) is 41.0 Å². The van der Waals surface area contributed by atoms with E-state index in [4.69, 9.17) is 0 Å². The van der Waals surface area contributed by atoms with Gasteiger partial charge in [-0.2, -0.15) is 0 Å². The summed E-state index contributed by atoms with van der Waals surface area (Å²) in [5.41, 5.74) is 0.213. The fraction of sp³-hybridized carbons (Fsp3) is 1.00. The smallest absolute Gasteiger partial charge is 0.102 e. The molecule has 3 heteroatoms. The molecule has 102 valence electrons. The summed E-state index contributed by atoms with van der Waals surface area (Å²) in [5, 5.41) is 3.63. The van der Waals surface area contributed by atoms with Gasteiger partial charge in [-0.05, 0) is 17.8 Å². The molecular weight excluding hydrogens is 215 g/mol. The molecule has 0 saturated carbocycles. The number of piperazine rings is 1. The molecule has 1 aliphatic heterocycles. The fourth-order valence-electron chi connectivity index (χ4n) is 2.82. The lowest BCUT2D eigenvalue weighted by atomic mass is 9.83. The SMILES string of the molecule is CC(C)CC1CN(CCF)C(C(C)(C)C)CN1. The number of nitrogens with zero attached hydrogens (tertiary/aromatic N) is 1. The third-order valence-electron chi connectivity index (χ3n) is 3.62. The topological polar surface area (TPSA) is 15.3 Å². The van der Waals surface area contributed by atoms with Crippen LogP contribution in [0.25, 0.3) is 0 Å². The molecule has 0 aromatic heterocycles.